The first-order valence-corrected chi connectivity index (χ1v) is 15.2. The van der Waals surface area contributed by atoms with E-state index in [2.05, 4.69) is 21.9 Å². The van der Waals surface area contributed by atoms with Gasteiger partial charge in [-0.15, -0.1) is 0 Å². The smallest absolute Gasteiger partial charge is 0.306 e. The van der Waals surface area contributed by atoms with E-state index in [0.29, 0.717) is 17.6 Å². The van der Waals surface area contributed by atoms with Crippen LogP contribution in [0.3, 0.4) is 0 Å². The lowest BCUT2D eigenvalue weighted by Crippen LogP contribution is -2.54. The average molecular weight is 574 g/mol. The summed E-state index contributed by atoms with van der Waals surface area (Å²) in [6.07, 6.45) is 14.4. The summed E-state index contributed by atoms with van der Waals surface area (Å²) in [6.45, 7) is 4.71. The molecule has 0 saturated carbocycles. The van der Waals surface area contributed by atoms with Crippen LogP contribution in [0, 0.1) is 0 Å². The Balaban J connectivity index is 1.47. The van der Waals surface area contributed by atoms with Crippen LogP contribution in [-0.4, -0.2) is 60.0 Å². The Hall–Kier alpha value is -2.92. The van der Waals surface area contributed by atoms with Crippen molar-refractivity contribution in [3.63, 3.8) is 0 Å². The van der Waals surface area contributed by atoms with Crippen LogP contribution >= 0.6 is 0 Å². The van der Waals surface area contributed by atoms with Gasteiger partial charge in [-0.2, -0.15) is 0 Å². The van der Waals surface area contributed by atoms with E-state index in [4.69, 9.17) is 15.2 Å². The van der Waals surface area contributed by atoms with Crippen LogP contribution in [0.1, 0.15) is 123 Å². The average Bonchev–Trinajstić information content (AvgIpc) is 3.52. The van der Waals surface area contributed by atoms with Crippen molar-refractivity contribution < 1.29 is 29.0 Å². The number of esters is 1. The molecule has 2 aromatic heterocycles. The lowest BCUT2D eigenvalue weighted by Gasteiger charge is -2.30. The van der Waals surface area contributed by atoms with Gasteiger partial charge in [0.2, 0.25) is 0 Å². The Morgan fingerprint density at radius 1 is 1.00 bits per heavy atom. The van der Waals surface area contributed by atoms with Gasteiger partial charge in [0.1, 0.15) is 24.2 Å². The molecule has 0 amide bonds. The zero-order valence-corrected chi connectivity index (χ0v) is 24.8. The minimum Gasteiger partial charge on any atom is -0.451 e. The maximum atomic E-state index is 12.7. The summed E-state index contributed by atoms with van der Waals surface area (Å²) in [5.41, 5.74) is 4.53. The standard InChI is InChI=1S/C30H47N5O6/c1-4-5-6-7-8-9-10-11-12-13-14-15-16-17-24(38)41-26(21(2)36)27-30(39,22(3)37)18-23(40-27)35-20-34-25-28(31)32-19-33-29(25)35/h19-20,23,26-27,39H,4-18H2,1-3H3,(H2,31,32,33)/t23-,26?,27-,30-/m1/s1. The molecule has 41 heavy (non-hydrogen) atoms. The number of nitrogens with two attached hydrogens (primary N) is 1. The highest BCUT2D eigenvalue weighted by atomic mass is 16.6. The molecule has 228 valence electrons. The first kappa shape index (κ1) is 32.6. The minimum atomic E-state index is -2.05. The summed E-state index contributed by atoms with van der Waals surface area (Å²) in [7, 11) is 0. The number of aliphatic hydroxyl groups is 1. The summed E-state index contributed by atoms with van der Waals surface area (Å²) >= 11 is 0. The molecule has 11 heteroatoms. The molecule has 1 unspecified atom stereocenters. The number of rotatable bonds is 19. The van der Waals surface area contributed by atoms with Gasteiger partial charge in [-0.05, 0) is 20.3 Å². The summed E-state index contributed by atoms with van der Waals surface area (Å²) in [5, 5.41) is 11.3. The molecular formula is C30H47N5O6. The summed E-state index contributed by atoms with van der Waals surface area (Å²) < 4.78 is 13.1. The van der Waals surface area contributed by atoms with Gasteiger partial charge >= 0.3 is 5.97 Å². The molecule has 4 atom stereocenters. The summed E-state index contributed by atoms with van der Waals surface area (Å²) in [5.74, 6) is -1.49. The van der Waals surface area contributed by atoms with Crippen LogP contribution in [0.15, 0.2) is 12.7 Å². The molecule has 3 heterocycles. The molecule has 0 aromatic carbocycles. The molecule has 1 saturated heterocycles. The molecule has 0 radical (unpaired) electrons. The Morgan fingerprint density at radius 2 is 1.59 bits per heavy atom. The Morgan fingerprint density at radius 3 is 2.15 bits per heavy atom. The van der Waals surface area contributed by atoms with Crippen molar-refractivity contribution in [1.29, 1.82) is 0 Å². The number of unbranched alkanes of at least 4 members (excludes halogenated alkanes) is 12. The van der Waals surface area contributed by atoms with Crippen LogP contribution in [0.2, 0.25) is 0 Å². The third-order valence-electron chi connectivity index (χ3n) is 7.99. The highest BCUT2D eigenvalue weighted by Gasteiger charge is 2.57. The molecule has 0 aliphatic carbocycles. The molecule has 2 aromatic rings. The highest BCUT2D eigenvalue weighted by Crippen LogP contribution is 2.41. The Kier molecular flexibility index (Phi) is 12.6. The van der Waals surface area contributed by atoms with E-state index in [1.165, 1.54) is 88.9 Å². The third kappa shape index (κ3) is 8.78. The molecule has 3 N–H and O–H groups in total. The molecule has 1 fully saturated rings. The number of carbonyl (C=O) groups is 3. The number of fused-ring (bicyclic) bond motifs is 1. The second kappa shape index (κ2) is 15.9. The van der Waals surface area contributed by atoms with Gasteiger partial charge in [-0.1, -0.05) is 84.0 Å². The van der Waals surface area contributed by atoms with E-state index in [1.54, 1.807) is 0 Å². The van der Waals surface area contributed by atoms with E-state index in [1.807, 2.05) is 0 Å². The fourth-order valence-corrected chi connectivity index (χ4v) is 5.47. The number of carbonyl (C=O) groups excluding carboxylic acids is 3. The van der Waals surface area contributed by atoms with Crippen molar-refractivity contribution in [2.45, 2.75) is 141 Å². The topological polar surface area (TPSA) is 160 Å². The third-order valence-corrected chi connectivity index (χ3v) is 7.99. The van der Waals surface area contributed by atoms with Crippen molar-refractivity contribution in [2.24, 2.45) is 0 Å². The lowest BCUT2D eigenvalue weighted by atomic mass is 9.86. The zero-order chi connectivity index (χ0) is 29.8. The highest BCUT2D eigenvalue weighted by molar-refractivity contribution is 5.90. The van der Waals surface area contributed by atoms with Gasteiger partial charge in [-0.3, -0.25) is 19.0 Å². The number of hydrogen-bond acceptors (Lipinski definition) is 10. The number of hydrogen-bond donors (Lipinski definition) is 2. The number of ether oxygens (including phenoxy) is 2. The van der Waals surface area contributed by atoms with E-state index >= 15 is 0 Å². The Bertz CT molecular complexity index is 1150. The van der Waals surface area contributed by atoms with Crippen LogP contribution in [-0.2, 0) is 23.9 Å². The van der Waals surface area contributed by atoms with Gasteiger partial charge in [-0.25, -0.2) is 15.0 Å². The SMILES string of the molecule is CCCCCCCCCCCCCCCC(=O)OC(C(C)=O)[C@H]1O[C@@H](n2cnc3c(N)ncnc32)C[C@@]1(O)C(C)=O. The van der Waals surface area contributed by atoms with Crippen molar-refractivity contribution in [2.75, 3.05) is 5.73 Å². The normalized spacial score (nSPS) is 21.3. The van der Waals surface area contributed by atoms with Gasteiger partial charge in [0.05, 0.1) is 6.33 Å². The monoisotopic (exact) mass is 573 g/mol. The molecule has 0 bridgehead atoms. The van der Waals surface area contributed by atoms with Crippen LogP contribution in [0.5, 0.6) is 0 Å². The van der Waals surface area contributed by atoms with Crippen molar-refractivity contribution in [1.82, 2.24) is 19.5 Å². The molecule has 0 spiro atoms. The molecule has 1 aliphatic heterocycles. The predicted octanol–water partition coefficient (Wildman–Crippen LogP) is 5.00. The number of aromatic nitrogens is 4. The first-order valence-electron chi connectivity index (χ1n) is 15.2. The lowest BCUT2D eigenvalue weighted by molar-refractivity contribution is -0.177. The van der Waals surface area contributed by atoms with E-state index < -0.39 is 41.6 Å². The van der Waals surface area contributed by atoms with Gasteiger partial charge in [0, 0.05) is 12.8 Å². The predicted molar refractivity (Wildman–Crippen MR) is 155 cm³/mol. The van der Waals surface area contributed by atoms with Gasteiger partial charge < -0.3 is 20.3 Å². The number of nitrogen functional groups attached to an aromatic ring is 1. The Labute approximate surface area is 242 Å². The summed E-state index contributed by atoms with van der Waals surface area (Å²) in [6, 6.07) is 0. The van der Waals surface area contributed by atoms with Gasteiger partial charge in [0.25, 0.3) is 0 Å². The zero-order valence-electron chi connectivity index (χ0n) is 24.8. The largest absolute Gasteiger partial charge is 0.451 e. The number of Topliss-reactive ketones (excluding diaryl/α,β-unsaturated/α-hetero) is 2. The van der Waals surface area contributed by atoms with E-state index in [0.717, 1.165) is 19.3 Å². The second-order valence-corrected chi connectivity index (χ2v) is 11.3. The molecule has 3 rings (SSSR count). The van der Waals surface area contributed by atoms with Gasteiger partial charge in [0.15, 0.2) is 34.7 Å². The van der Waals surface area contributed by atoms with Crippen LogP contribution in [0.4, 0.5) is 5.82 Å². The number of nitrogens with zero attached hydrogens (tertiary/aromatic N) is 4. The van der Waals surface area contributed by atoms with Crippen molar-refractivity contribution in [3.05, 3.63) is 12.7 Å². The maximum absolute atomic E-state index is 12.7. The van der Waals surface area contributed by atoms with Crippen LogP contribution in [0.25, 0.3) is 11.2 Å². The molecule has 1 aliphatic rings. The van der Waals surface area contributed by atoms with E-state index in [9.17, 15) is 19.5 Å². The quantitative estimate of drug-likeness (QED) is 0.173. The number of ketones is 2. The summed E-state index contributed by atoms with van der Waals surface area (Å²) in [4.78, 5) is 50.1. The van der Waals surface area contributed by atoms with E-state index in [-0.39, 0.29) is 18.7 Å². The number of imidazole rings is 1. The first-order chi connectivity index (χ1) is 19.7. The molecule has 11 nitrogen and oxygen atoms in total. The van der Waals surface area contributed by atoms with Crippen molar-refractivity contribution >= 4 is 34.5 Å². The fraction of sp³-hybridized carbons (Fsp3) is 0.733. The molecular weight excluding hydrogens is 526 g/mol. The van der Waals surface area contributed by atoms with Crippen LogP contribution < -0.4 is 5.73 Å². The second-order valence-electron chi connectivity index (χ2n) is 11.3. The minimum absolute atomic E-state index is 0.151. The number of anilines is 1. The maximum Gasteiger partial charge on any atom is 0.306 e. The fourth-order valence-electron chi connectivity index (χ4n) is 5.47. The van der Waals surface area contributed by atoms with Crippen molar-refractivity contribution in [3.8, 4) is 0 Å².